The molecule has 0 unspecified atom stereocenters. The van der Waals surface area contributed by atoms with Gasteiger partial charge in [0, 0.05) is 29.9 Å². The number of hydrogen-bond acceptors (Lipinski definition) is 3. The highest BCUT2D eigenvalue weighted by molar-refractivity contribution is 14.1. The number of nitrogens with zero attached hydrogens (tertiary/aromatic N) is 1. The van der Waals surface area contributed by atoms with Gasteiger partial charge in [0.25, 0.3) is 5.91 Å². The van der Waals surface area contributed by atoms with Gasteiger partial charge >= 0.3 is 0 Å². The smallest absolute Gasteiger partial charge is 0.255 e. The predicted molar refractivity (Wildman–Crippen MR) is 88.0 cm³/mol. The summed E-state index contributed by atoms with van der Waals surface area (Å²) < 4.78 is 24.4. The van der Waals surface area contributed by atoms with Gasteiger partial charge in [-0.05, 0) is 54.6 Å². The van der Waals surface area contributed by atoms with Gasteiger partial charge in [0.2, 0.25) is 0 Å². The van der Waals surface area contributed by atoms with E-state index in [9.17, 15) is 9.18 Å². The molecule has 0 atom stereocenters. The standard InChI is InChI=1S/C15H21FINO3/c1-3-20-9-7-18(8-10-21-4-2)15(19)13-6-5-12(16)11-14(13)17/h5-6,11H,3-4,7-10H2,1-2H3. The van der Waals surface area contributed by atoms with E-state index in [0.29, 0.717) is 48.7 Å². The molecular weight excluding hydrogens is 388 g/mol. The van der Waals surface area contributed by atoms with E-state index in [0.717, 1.165) is 0 Å². The summed E-state index contributed by atoms with van der Waals surface area (Å²) in [4.78, 5) is 14.2. The summed E-state index contributed by atoms with van der Waals surface area (Å²) >= 11 is 1.97. The lowest BCUT2D eigenvalue weighted by Gasteiger charge is -2.23. The summed E-state index contributed by atoms with van der Waals surface area (Å²) in [7, 11) is 0. The van der Waals surface area contributed by atoms with E-state index in [-0.39, 0.29) is 11.7 Å². The van der Waals surface area contributed by atoms with Gasteiger partial charge < -0.3 is 14.4 Å². The molecule has 0 radical (unpaired) electrons. The van der Waals surface area contributed by atoms with Crippen molar-refractivity contribution in [1.82, 2.24) is 4.90 Å². The van der Waals surface area contributed by atoms with Crippen molar-refractivity contribution in [3.05, 3.63) is 33.1 Å². The van der Waals surface area contributed by atoms with Gasteiger partial charge in [-0.1, -0.05) is 0 Å². The van der Waals surface area contributed by atoms with Crippen LogP contribution in [-0.2, 0) is 9.47 Å². The molecule has 6 heteroatoms. The molecule has 1 amide bonds. The first kappa shape index (κ1) is 18.3. The number of ether oxygens (including phenoxy) is 2. The lowest BCUT2D eigenvalue weighted by atomic mass is 10.2. The Hall–Kier alpha value is -0.730. The topological polar surface area (TPSA) is 38.8 Å². The van der Waals surface area contributed by atoms with Crippen molar-refractivity contribution in [1.29, 1.82) is 0 Å². The second kappa shape index (κ2) is 10.1. The zero-order valence-electron chi connectivity index (χ0n) is 12.4. The molecule has 0 aliphatic heterocycles. The number of benzene rings is 1. The van der Waals surface area contributed by atoms with Crippen LogP contribution in [0.3, 0.4) is 0 Å². The molecule has 0 heterocycles. The van der Waals surface area contributed by atoms with Crippen molar-refractivity contribution in [2.75, 3.05) is 39.5 Å². The van der Waals surface area contributed by atoms with Crippen molar-refractivity contribution < 1.29 is 18.7 Å². The van der Waals surface area contributed by atoms with E-state index >= 15 is 0 Å². The van der Waals surface area contributed by atoms with Crippen LogP contribution in [0, 0.1) is 9.39 Å². The van der Waals surface area contributed by atoms with Crippen LogP contribution < -0.4 is 0 Å². The second-order valence-electron chi connectivity index (χ2n) is 4.31. The Morgan fingerprint density at radius 1 is 1.19 bits per heavy atom. The fraction of sp³-hybridized carbons (Fsp3) is 0.533. The Kier molecular flexibility index (Phi) is 8.79. The van der Waals surface area contributed by atoms with E-state index in [1.807, 2.05) is 36.4 Å². The van der Waals surface area contributed by atoms with Crippen LogP contribution in [0.4, 0.5) is 4.39 Å². The molecule has 118 valence electrons. The molecule has 0 aliphatic carbocycles. The highest BCUT2D eigenvalue weighted by Gasteiger charge is 2.18. The van der Waals surface area contributed by atoms with Crippen LogP contribution >= 0.6 is 22.6 Å². The minimum atomic E-state index is -0.342. The number of amides is 1. The maximum Gasteiger partial charge on any atom is 0.255 e. The molecule has 21 heavy (non-hydrogen) atoms. The average Bonchev–Trinajstić information content (AvgIpc) is 2.45. The average molecular weight is 409 g/mol. The Morgan fingerprint density at radius 2 is 1.76 bits per heavy atom. The maximum absolute atomic E-state index is 13.1. The zero-order valence-corrected chi connectivity index (χ0v) is 14.6. The second-order valence-corrected chi connectivity index (χ2v) is 5.47. The first-order valence-electron chi connectivity index (χ1n) is 7.00. The molecule has 1 rings (SSSR count). The first-order chi connectivity index (χ1) is 10.1. The van der Waals surface area contributed by atoms with Crippen molar-refractivity contribution in [3.63, 3.8) is 0 Å². The molecular formula is C15H21FINO3. The minimum absolute atomic E-state index is 0.126. The van der Waals surface area contributed by atoms with Crippen molar-refractivity contribution in [2.45, 2.75) is 13.8 Å². The molecule has 1 aromatic carbocycles. The molecule has 0 saturated carbocycles. The minimum Gasteiger partial charge on any atom is -0.380 e. The number of carbonyl (C=O) groups excluding carboxylic acids is 1. The molecule has 0 fully saturated rings. The highest BCUT2D eigenvalue weighted by Crippen LogP contribution is 2.16. The summed E-state index contributed by atoms with van der Waals surface area (Å²) in [6.45, 7) is 6.99. The summed E-state index contributed by atoms with van der Waals surface area (Å²) in [6, 6.07) is 4.18. The highest BCUT2D eigenvalue weighted by atomic mass is 127. The molecule has 0 bridgehead atoms. The summed E-state index contributed by atoms with van der Waals surface area (Å²) in [6.07, 6.45) is 0. The number of hydrogen-bond donors (Lipinski definition) is 0. The largest absolute Gasteiger partial charge is 0.380 e. The van der Waals surface area contributed by atoms with Crippen molar-refractivity contribution in [3.8, 4) is 0 Å². The fourth-order valence-corrected chi connectivity index (χ4v) is 2.49. The molecule has 0 aromatic heterocycles. The van der Waals surface area contributed by atoms with Gasteiger partial charge in [-0.2, -0.15) is 0 Å². The normalized spacial score (nSPS) is 10.7. The van der Waals surface area contributed by atoms with Gasteiger partial charge in [0.15, 0.2) is 0 Å². The third-order valence-corrected chi connectivity index (χ3v) is 3.76. The Bertz CT molecular complexity index is 447. The quantitative estimate of drug-likeness (QED) is 0.465. The third kappa shape index (κ3) is 6.27. The van der Waals surface area contributed by atoms with Crippen LogP contribution in [0.1, 0.15) is 24.2 Å². The van der Waals surface area contributed by atoms with E-state index < -0.39 is 0 Å². The number of carbonyl (C=O) groups is 1. The molecule has 4 nitrogen and oxygen atoms in total. The van der Waals surface area contributed by atoms with Crippen LogP contribution in [0.15, 0.2) is 18.2 Å². The monoisotopic (exact) mass is 409 g/mol. The van der Waals surface area contributed by atoms with Crippen LogP contribution in [0.2, 0.25) is 0 Å². The fourth-order valence-electron chi connectivity index (χ4n) is 1.79. The third-order valence-electron chi connectivity index (χ3n) is 2.87. The van der Waals surface area contributed by atoms with Crippen LogP contribution in [-0.4, -0.2) is 50.3 Å². The van der Waals surface area contributed by atoms with Gasteiger partial charge in [0.1, 0.15) is 5.82 Å². The predicted octanol–water partition coefficient (Wildman–Crippen LogP) is 2.95. The first-order valence-corrected chi connectivity index (χ1v) is 8.07. The number of halogens is 2. The maximum atomic E-state index is 13.1. The Balaban J connectivity index is 2.76. The van der Waals surface area contributed by atoms with Gasteiger partial charge in [-0.25, -0.2) is 4.39 Å². The van der Waals surface area contributed by atoms with E-state index in [2.05, 4.69) is 0 Å². The molecule has 0 saturated heterocycles. The summed E-state index contributed by atoms with van der Waals surface area (Å²) in [5.41, 5.74) is 0.505. The SMILES string of the molecule is CCOCCN(CCOCC)C(=O)c1ccc(F)cc1I. The molecule has 1 aromatic rings. The summed E-state index contributed by atoms with van der Waals surface area (Å²) in [5.74, 6) is -0.468. The molecule has 0 spiro atoms. The van der Waals surface area contributed by atoms with Gasteiger partial charge in [-0.15, -0.1) is 0 Å². The van der Waals surface area contributed by atoms with Crippen molar-refractivity contribution in [2.24, 2.45) is 0 Å². The molecule has 0 N–H and O–H groups in total. The van der Waals surface area contributed by atoms with Crippen molar-refractivity contribution >= 4 is 28.5 Å². The Labute approximate surface area is 138 Å². The van der Waals surface area contributed by atoms with Gasteiger partial charge in [-0.3, -0.25) is 4.79 Å². The van der Waals surface area contributed by atoms with Gasteiger partial charge in [0.05, 0.1) is 18.8 Å². The van der Waals surface area contributed by atoms with E-state index in [1.54, 1.807) is 4.90 Å². The zero-order chi connectivity index (χ0) is 15.7. The van der Waals surface area contributed by atoms with Crippen LogP contribution in [0.5, 0.6) is 0 Å². The van der Waals surface area contributed by atoms with E-state index in [1.165, 1.54) is 18.2 Å². The van der Waals surface area contributed by atoms with E-state index in [4.69, 9.17) is 9.47 Å². The number of rotatable bonds is 9. The lowest BCUT2D eigenvalue weighted by Crippen LogP contribution is -2.37. The van der Waals surface area contributed by atoms with Crippen LogP contribution in [0.25, 0.3) is 0 Å². The Morgan fingerprint density at radius 3 is 2.24 bits per heavy atom. The lowest BCUT2D eigenvalue weighted by molar-refractivity contribution is 0.0549. The summed E-state index contributed by atoms with van der Waals surface area (Å²) in [5, 5.41) is 0. The molecule has 0 aliphatic rings.